The number of carbonyl (C=O) groups excluding carboxylic acids is 2. The van der Waals surface area contributed by atoms with Crippen LogP contribution in [0.5, 0.6) is 0 Å². The van der Waals surface area contributed by atoms with Gasteiger partial charge < -0.3 is 10.6 Å². The average Bonchev–Trinajstić information content (AvgIpc) is 3.36. The number of nitrogens with one attached hydrogen (secondary N) is 2. The highest BCUT2D eigenvalue weighted by Gasteiger charge is 2.19. The zero-order valence-corrected chi connectivity index (χ0v) is 19.5. The highest BCUT2D eigenvalue weighted by atomic mass is 19.1. The third-order valence-corrected chi connectivity index (χ3v) is 6.34. The first kappa shape index (κ1) is 24.4. The second-order valence-corrected chi connectivity index (χ2v) is 8.90. The molecule has 1 fully saturated rings. The number of fused-ring (bicyclic) bond motifs is 1. The van der Waals surface area contributed by atoms with E-state index in [0.29, 0.717) is 10.9 Å². The monoisotopic (exact) mass is 480 g/mol. The lowest BCUT2D eigenvalue weighted by atomic mass is 10.2. The first-order valence-corrected chi connectivity index (χ1v) is 12.0. The molecule has 0 saturated heterocycles. The molecule has 0 radical (unpaired) electrons. The van der Waals surface area contributed by atoms with Crippen LogP contribution in [0.15, 0.2) is 58.1 Å². The van der Waals surface area contributed by atoms with Crippen molar-refractivity contribution in [2.45, 2.75) is 64.2 Å². The summed E-state index contributed by atoms with van der Waals surface area (Å²) < 4.78 is 15.4. The maximum Gasteiger partial charge on any atom is 0.331 e. The molecule has 1 saturated carbocycles. The molecule has 8 nitrogen and oxygen atoms in total. The van der Waals surface area contributed by atoms with Gasteiger partial charge in [-0.3, -0.25) is 23.5 Å². The van der Waals surface area contributed by atoms with Crippen LogP contribution in [0.3, 0.4) is 0 Å². The number of rotatable bonds is 9. The van der Waals surface area contributed by atoms with E-state index < -0.39 is 11.2 Å². The van der Waals surface area contributed by atoms with E-state index in [9.17, 15) is 23.6 Å². The Balaban J connectivity index is 1.44. The summed E-state index contributed by atoms with van der Waals surface area (Å²) in [5, 5.41) is 6.08. The lowest BCUT2D eigenvalue weighted by Gasteiger charge is -2.16. The molecule has 1 heterocycles. The number of benzene rings is 2. The maximum absolute atomic E-state index is 13.2. The highest BCUT2D eigenvalue weighted by Crippen LogP contribution is 2.17. The van der Waals surface area contributed by atoms with E-state index in [1.165, 1.54) is 16.7 Å². The van der Waals surface area contributed by atoms with Crippen LogP contribution in [0.1, 0.15) is 44.1 Å². The molecule has 0 unspecified atom stereocenters. The van der Waals surface area contributed by atoms with Crippen molar-refractivity contribution in [3.63, 3.8) is 0 Å². The average molecular weight is 481 g/mol. The van der Waals surface area contributed by atoms with Crippen LogP contribution in [0.4, 0.5) is 4.39 Å². The van der Waals surface area contributed by atoms with Crippen molar-refractivity contribution < 1.29 is 14.0 Å². The molecule has 9 heteroatoms. The standard InChI is InChI=1S/C26H29FN4O4/c27-19-13-11-18(12-14-19)16-28-23(32)10-5-15-30-25(34)21-8-3-4-9-22(21)31(26(30)35)17-24(33)29-20-6-1-2-7-20/h3-4,8-9,11-14,20H,1-2,5-7,10,15-17H2,(H,28,32)(H,29,33). The highest BCUT2D eigenvalue weighted by molar-refractivity contribution is 5.81. The van der Waals surface area contributed by atoms with Crippen LogP contribution in [-0.2, 0) is 29.2 Å². The van der Waals surface area contributed by atoms with Crippen LogP contribution in [-0.4, -0.2) is 27.0 Å². The zero-order valence-electron chi connectivity index (χ0n) is 19.5. The van der Waals surface area contributed by atoms with E-state index in [2.05, 4.69) is 10.6 Å². The molecule has 0 bridgehead atoms. The molecule has 35 heavy (non-hydrogen) atoms. The van der Waals surface area contributed by atoms with Gasteiger partial charge in [0.2, 0.25) is 11.8 Å². The Bertz CT molecular complexity index is 1320. The number of aromatic nitrogens is 2. The summed E-state index contributed by atoms with van der Waals surface area (Å²) in [6, 6.07) is 12.7. The summed E-state index contributed by atoms with van der Waals surface area (Å²) >= 11 is 0. The molecule has 184 valence electrons. The molecular formula is C26H29FN4O4. The van der Waals surface area contributed by atoms with E-state index in [1.54, 1.807) is 36.4 Å². The van der Waals surface area contributed by atoms with E-state index >= 15 is 0 Å². The molecule has 1 aliphatic carbocycles. The van der Waals surface area contributed by atoms with Crippen molar-refractivity contribution in [2.75, 3.05) is 0 Å². The third kappa shape index (κ3) is 6.03. The van der Waals surface area contributed by atoms with Gasteiger partial charge in [-0.25, -0.2) is 9.18 Å². The number of hydrogen-bond acceptors (Lipinski definition) is 4. The van der Waals surface area contributed by atoms with Crippen LogP contribution in [0.2, 0.25) is 0 Å². The van der Waals surface area contributed by atoms with Gasteiger partial charge in [-0.2, -0.15) is 0 Å². The molecule has 2 aromatic carbocycles. The molecule has 0 spiro atoms. The van der Waals surface area contributed by atoms with Gasteiger partial charge in [0.1, 0.15) is 12.4 Å². The quantitative estimate of drug-likeness (QED) is 0.491. The van der Waals surface area contributed by atoms with E-state index in [1.807, 2.05) is 0 Å². The first-order valence-electron chi connectivity index (χ1n) is 12.0. The summed E-state index contributed by atoms with van der Waals surface area (Å²) in [4.78, 5) is 51.1. The van der Waals surface area contributed by atoms with Gasteiger partial charge in [0, 0.05) is 25.6 Å². The fourth-order valence-corrected chi connectivity index (χ4v) is 4.50. The van der Waals surface area contributed by atoms with Gasteiger partial charge >= 0.3 is 5.69 Å². The topological polar surface area (TPSA) is 102 Å². The van der Waals surface area contributed by atoms with Crippen molar-refractivity contribution in [3.8, 4) is 0 Å². The molecule has 1 aromatic heterocycles. The van der Waals surface area contributed by atoms with E-state index in [4.69, 9.17) is 0 Å². The number of hydrogen-bond donors (Lipinski definition) is 2. The Hall–Kier alpha value is -3.75. The second kappa shape index (κ2) is 11.1. The number of amides is 2. The fourth-order valence-electron chi connectivity index (χ4n) is 4.50. The Kier molecular flexibility index (Phi) is 7.74. The molecule has 0 atom stereocenters. The molecule has 2 N–H and O–H groups in total. The molecular weight excluding hydrogens is 451 g/mol. The van der Waals surface area contributed by atoms with Crippen molar-refractivity contribution in [3.05, 3.63) is 80.7 Å². The van der Waals surface area contributed by atoms with Crippen LogP contribution in [0, 0.1) is 5.82 Å². The van der Waals surface area contributed by atoms with Crippen LogP contribution < -0.4 is 21.9 Å². The van der Waals surface area contributed by atoms with Gasteiger partial charge in [0.25, 0.3) is 5.56 Å². The maximum atomic E-state index is 13.2. The number of para-hydroxylation sites is 1. The normalized spacial score (nSPS) is 13.7. The minimum absolute atomic E-state index is 0.0523. The van der Waals surface area contributed by atoms with Gasteiger partial charge in [-0.15, -0.1) is 0 Å². The zero-order chi connectivity index (χ0) is 24.8. The number of carbonyl (C=O) groups is 2. The predicted octanol–water partition coefficient (Wildman–Crippen LogP) is 2.46. The van der Waals surface area contributed by atoms with Gasteiger partial charge in [0.15, 0.2) is 0 Å². The summed E-state index contributed by atoms with van der Waals surface area (Å²) in [5.41, 5.74) is 0.174. The van der Waals surface area contributed by atoms with Crippen LogP contribution >= 0.6 is 0 Å². The van der Waals surface area contributed by atoms with Crippen molar-refractivity contribution in [2.24, 2.45) is 0 Å². The smallest absolute Gasteiger partial charge is 0.331 e. The van der Waals surface area contributed by atoms with Gasteiger partial charge in [-0.05, 0) is 49.1 Å². The lowest BCUT2D eigenvalue weighted by Crippen LogP contribution is -2.44. The number of nitrogens with zero attached hydrogens (tertiary/aromatic N) is 2. The summed E-state index contributed by atoms with van der Waals surface area (Å²) in [5.74, 6) is -0.837. The third-order valence-electron chi connectivity index (χ3n) is 6.34. The summed E-state index contributed by atoms with van der Waals surface area (Å²) in [6.45, 7) is 0.142. The minimum atomic E-state index is -0.568. The Labute approximate surface area is 201 Å². The minimum Gasteiger partial charge on any atom is -0.352 e. The van der Waals surface area contributed by atoms with E-state index in [-0.39, 0.29) is 56.1 Å². The number of halogens is 1. The Morgan fingerprint density at radius 3 is 2.40 bits per heavy atom. The Morgan fingerprint density at radius 2 is 1.66 bits per heavy atom. The fraction of sp³-hybridized carbons (Fsp3) is 0.385. The van der Waals surface area contributed by atoms with Crippen molar-refractivity contribution in [1.82, 2.24) is 19.8 Å². The molecule has 4 rings (SSSR count). The second-order valence-electron chi connectivity index (χ2n) is 8.90. The SMILES string of the molecule is O=C(CCCn1c(=O)c2ccccc2n(CC(=O)NC2CCCC2)c1=O)NCc1ccc(F)cc1. The predicted molar refractivity (Wildman–Crippen MR) is 130 cm³/mol. The largest absolute Gasteiger partial charge is 0.352 e. The molecule has 0 aliphatic heterocycles. The lowest BCUT2D eigenvalue weighted by molar-refractivity contribution is -0.122. The summed E-state index contributed by atoms with van der Waals surface area (Å²) in [6.07, 6.45) is 4.42. The van der Waals surface area contributed by atoms with Crippen molar-refractivity contribution >= 4 is 22.7 Å². The molecule has 2 amide bonds. The molecule has 1 aliphatic rings. The van der Waals surface area contributed by atoms with Crippen LogP contribution in [0.25, 0.3) is 10.9 Å². The molecule has 3 aromatic rings. The van der Waals surface area contributed by atoms with E-state index in [0.717, 1.165) is 35.8 Å². The van der Waals surface area contributed by atoms with Gasteiger partial charge in [0.05, 0.1) is 10.9 Å². The summed E-state index contributed by atoms with van der Waals surface area (Å²) in [7, 11) is 0. The van der Waals surface area contributed by atoms with Gasteiger partial charge in [-0.1, -0.05) is 37.1 Å². The Morgan fingerprint density at radius 1 is 0.943 bits per heavy atom. The van der Waals surface area contributed by atoms with Crippen molar-refractivity contribution in [1.29, 1.82) is 0 Å². The first-order chi connectivity index (χ1) is 16.9.